The molecule has 27 heavy (non-hydrogen) atoms. The van der Waals surface area contributed by atoms with Crippen molar-refractivity contribution < 1.29 is 9.53 Å². The van der Waals surface area contributed by atoms with Crippen molar-refractivity contribution in [1.82, 2.24) is 15.0 Å². The minimum absolute atomic E-state index is 0.129. The van der Waals surface area contributed by atoms with E-state index in [1.165, 1.54) is 6.20 Å². The third-order valence-corrected chi connectivity index (χ3v) is 4.86. The first-order chi connectivity index (χ1) is 13.0. The van der Waals surface area contributed by atoms with E-state index in [-0.39, 0.29) is 18.2 Å². The zero-order valence-corrected chi connectivity index (χ0v) is 16.8. The molecule has 0 aliphatic rings. The summed E-state index contributed by atoms with van der Waals surface area (Å²) in [6.07, 6.45) is 1.48. The summed E-state index contributed by atoms with van der Waals surface area (Å²) in [6, 6.07) is 7.08. The highest BCUT2D eigenvalue weighted by atomic mass is 35.5. The van der Waals surface area contributed by atoms with E-state index in [0.29, 0.717) is 16.7 Å². The van der Waals surface area contributed by atoms with E-state index < -0.39 is 5.97 Å². The van der Waals surface area contributed by atoms with Gasteiger partial charge in [-0.3, -0.25) is 0 Å². The van der Waals surface area contributed by atoms with Crippen molar-refractivity contribution in [2.45, 2.75) is 26.8 Å². The van der Waals surface area contributed by atoms with Crippen molar-refractivity contribution in [3.05, 3.63) is 57.1 Å². The van der Waals surface area contributed by atoms with Crippen LogP contribution in [0.4, 0.5) is 5.82 Å². The Balaban J connectivity index is 1.97. The Kier molecular flexibility index (Phi) is 6.03. The summed E-state index contributed by atoms with van der Waals surface area (Å²) in [7, 11) is 0. The molecule has 0 bridgehead atoms. The molecule has 2 aromatic heterocycles. The fourth-order valence-electron chi connectivity index (χ4n) is 2.45. The monoisotopic (exact) mass is 402 g/mol. The molecule has 0 amide bonds. The number of carbonyl (C=O) groups excluding carboxylic acids is 1. The second kappa shape index (κ2) is 8.45. The van der Waals surface area contributed by atoms with E-state index in [0.717, 1.165) is 16.3 Å². The number of aryl methyl sites for hydroxylation is 1. The van der Waals surface area contributed by atoms with Crippen LogP contribution in [0.1, 0.15) is 40.9 Å². The van der Waals surface area contributed by atoms with E-state index in [1.807, 2.05) is 31.4 Å². The van der Waals surface area contributed by atoms with Gasteiger partial charge in [0.05, 0.1) is 23.4 Å². The molecular formula is C19H19ClN4O2S. The molecule has 0 radical (unpaired) electrons. The Bertz CT molecular complexity index is 943. The Morgan fingerprint density at radius 3 is 2.67 bits per heavy atom. The molecule has 0 saturated heterocycles. The number of thiazole rings is 1. The Hall–Kier alpha value is -2.51. The SMILES string of the molecule is CCOC(=O)c1cnc(-c2ccc(Cl)cc2)nc1NC(C)c1csc(C)n1. The molecule has 6 nitrogen and oxygen atoms in total. The zero-order valence-electron chi connectivity index (χ0n) is 15.2. The molecular weight excluding hydrogens is 384 g/mol. The van der Waals surface area contributed by atoms with Crippen molar-refractivity contribution >= 4 is 34.7 Å². The number of hydrogen-bond acceptors (Lipinski definition) is 7. The summed E-state index contributed by atoms with van der Waals surface area (Å²) in [6.45, 7) is 5.95. The quantitative estimate of drug-likeness (QED) is 0.590. The first kappa shape index (κ1) is 19.3. The number of carbonyl (C=O) groups is 1. The van der Waals surface area contributed by atoms with Gasteiger partial charge in [-0.1, -0.05) is 11.6 Å². The van der Waals surface area contributed by atoms with Gasteiger partial charge in [0.2, 0.25) is 0 Å². The highest BCUT2D eigenvalue weighted by molar-refractivity contribution is 7.09. The van der Waals surface area contributed by atoms with Gasteiger partial charge in [-0.15, -0.1) is 11.3 Å². The fourth-order valence-corrected chi connectivity index (χ4v) is 3.28. The van der Waals surface area contributed by atoms with Crippen molar-refractivity contribution in [2.75, 3.05) is 11.9 Å². The lowest BCUT2D eigenvalue weighted by molar-refractivity contribution is 0.0526. The lowest BCUT2D eigenvalue weighted by atomic mass is 10.2. The van der Waals surface area contributed by atoms with Gasteiger partial charge in [-0.05, 0) is 45.0 Å². The summed E-state index contributed by atoms with van der Waals surface area (Å²) in [5.41, 5.74) is 1.97. The minimum Gasteiger partial charge on any atom is -0.462 e. The maximum atomic E-state index is 12.3. The predicted octanol–water partition coefficient (Wildman–Crippen LogP) is 4.91. The molecule has 0 fully saturated rings. The van der Waals surface area contributed by atoms with Crippen LogP contribution < -0.4 is 5.32 Å². The smallest absolute Gasteiger partial charge is 0.343 e. The van der Waals surface area contributed by atoms with Crippen LogP contribution >= 0.6 is 22.9 Å². The molecule has 2 heterocycles. The van der Waals surface area contributed by atoms with Crippen LogP contribution in [0.3, 0.4) is 0 Å². The van der Waals surface area contributed by atoms with E-state index >= 15 is 0 Å². The Labute approximate surface area is 166 Å². The Morgan fingerprint density at radius 2 is 2.04 bits per heavy atom. The maximum Gasteiger partial charge on any atom is 0.343 e. The number of benzene rings is 1. The molecule has 3 aromatic rings. The summed E-state index contributed by atoms with van der Waals surface area (Å²) < 4.78 is 5.13. The number of hydrogen-bond donors (Lipinski definition) is 1. The van der Waals surface area contributed by atoms with Gasteiger partial charge >= 0.3 is 5.97 Å². The third kappa shape index (κ3) is 4.61. The van der Waals surface area contributed by atoms with Crippen molar-refractivity contribution in [2.24, 2.45) is 0 Å². The van der Waals surface area contributed by atoms with E-state index in [4.69, 9.17) is 16.3 Å². The molecule has 1 aromatic carbocycles. The van der Waals surface area contributed by atoms with Crippen LogP contribution in [0.25, 0.3) is 11.4 Å². The fraction of sp³-hybridized carbons (Fsp3) is 0.263. The van der Waals surface area contributed by atoms with Crippen LogP contribution in [0.5, 0.6) is 0 Å². The second-order valence-electron chi connectivity index (χ2n) is 5.84. The maximum absolute atomic E-state index is 12.3. The number of nitrogens with one attached hydrogen (secondary N) is 1. The van der Waals surface area contributed by atoms with E-state index in [1.54, 1.807) is 30.4 Å². The summed E-state index contributed by atoms with van der Waals surface area (Å²) in [4.78, 5) is 25.7. The number of halogens is 1. The largest absolute Gasteiger partial charge is 0.462 e. The third-order valence-electron chi connectivity index (χ3n) is 3.82. The van der Waals surface area contributed by atoms with Crippen molar-refractivity contribution in [1.29, 1.82) is 0 Å². The van der Waals surface area contributed by atoms with Gasteiger partial charge in [-0.25, -0.2) is 19.7 Å². The highest BCUT2D eigenvalue weighted by Crippen LogP contribution is 2.25. The van der Waals surface area contributed by atoms with Crippen LogP contribution in [0.15, 0.2) is 35.8 Å². The molecule has 140 valence electrons. The van der Waals surface area contributed by atoms with Crippen molar-refractivity contribution in [3.63, 3.8) is 0 Å². The van der Waals surface area contributed by atoms with Gasteiger partial charge in [0.25, 0.3) is 0 Å². The predicted molar refractivity (Wildman–Crippen MR) is 107 cm³/mol. The zero-order chi connectivity index (χ0) is 19.4. The standard InChI is InChI=1S/C19H19ClN4O2S/c1-4-26-19(25)15-9-21-17(13-5-7-14(20)8-6-13)24-18(15)22-11(2)16-10-27-12(3)23-16/h5-11H,4H2,1-3H3,(H,21,22,24). The number of rotatable bonds is 6. The lowest BCUT2D eigenvalue weighted by Gasteiger charge is -2.16. The van der Waals surface area contributed by atoms with Gasteiger partial charge in [0.1, 0.15) is 11.4 Å². The summed E-state index contributed by atoms with van der Waals surface area (Å²) in [5.74, 6) is 0.430. The summed E-state index contributed by atoms with van der Waals surface area (Å²) >= 11 is 7.53. The summed E-state index contributed by atoms with van der Waals surface area (Å²) in [5, 5.41) is 6.86. The molecule has 8 heteroatoms. The van der Waals surface area contributed by atoms with Gasteiger partial charge in [-0.2, -0.15) is 0 Å². The number of esters is 1. The first-order valence-corrected chi connectivity index (χ1v) is 9.72. The minimum atomic E-state index is -0.468. The highest BCUT2D eigenvalue weighted by Gasteiger charge is 2.19. The van der Waals surface area contributed by atoms with Crippen LogP contribution in [-0.2, 0) is 4.74 Å². The normalized spacial score (nSPS) is 11.9. The van der Waals surface area contributed by atoms with Crippen LogP contribution in [0, 0.1) is 6.92 Å². The van der Waals surface area contributed by atoms with Crippen LogP contribution in [-0.4, -0.2) is 27.5 Å². The van der Waals surface area contributed by atoms with E-state index in [9.17, 15) is 4.79 Å². The molecule has 0 spiro atoms. The molecule has 0 aliphatic carbocycles. The molecule has 1 atom stereocenters. The molecule has 3 rings (SSSR count). The first-order valence-electron chi connectivity index (χ1n) is 8.46. The van der Waals surface area contributed by atoms with Crippen LogP contribution in [0.2, 0.25) is 5.02 Å². The number of ether oxygens (including phenoxy) is 1. The van der Waals surface area contributed by atoms with Gasteiger partial charge in [0, 0.05) is 22.2 Å². The second-order valence-corrected chi connectivity index (χ2v) is 7.34. The van der Waals surface area contributed by atoms with Gasteiger partial charge < -0.3 is 10.1 Å². The van der Waals surface area contributed by atoms with E-state index in [2.05, 4.69) is 20.3 Å². The molecule has 0 saturated carbocycles. The average Bonchev–Trinajstić information content (AvgIpc) is 3.09. The van der Waals surface area contributed by atoms with Gasteiger partial charge in [0.15, 0.2) is 5.82 Å². The van der Waals surface area contributed by atoms with Crippen molar-refractivity contribution in [3.8, 4) is 11.4 Å². The topological polar surface area (TPSA) is 77.0 Å². The molecule has 1 unspecified atom stereocenters. The lowest BCUT2D eigenvalue weighted by Crippen LogP contribution is -2.15. The number of aromatic nitrogens is 3. The molecule has 0 aliphatic heterocycles. The number of anilines is 1. The average molecular weight is 403 g/mol. The Morgan fingerprint density at radius 1 is 1.30 bits per heavy atom. The molecule has 1 N–H and O–H groups in total. The number of nitrogens with zero attached hydrogens (tertiary/aromatic N) is 3.